The Hall–Kier alpha value is -0.160. The zero-order valence-electron chi connectivity index (χ0n) is 8.77. The van der Waals surface area contributed by atoms with Crippen molar-refractivity contribution in [3.05, 3.63) is 0 Å². The van der Waals surface area contributed by atoms with Gasteiger partial charge in [0.2, 0.25) is 0 Å². The summed E-state index contributed by atoms with van der Waals surface area (Å²) in [6, 6.07) is 0. The average molecular weight is 202 g/mol. The highest BCUT2D eigenvalue weighted by atomic mass is 16.6. The van der Waals surface area contributed by atoms with Crippen LogP contribution in [-0.2, 0) is 18.9 Å². The van der Waals surface area contributed by atoms with Gasteiger partial charge in [0.15, 0.2) is 0 Å². The van der Waals surface area contributed by atoms with E-state index in [0.717, 1.165) is 13.2 Å². The third-order valence-corrected chi connectivity index (χ3v) is 2.49. The first-order valence-corrected chi connectivity index (χ1v) is 5.33. The lowest BCUT2D eigenvalue weighted by atomic mass is 10.1. The fourth-order valence-electron chi connectivity index (χ4n) is 1.70. The zero-order chi connectivity index (χ0) is 9.97. The van der Waals surface area contributed by atoms with Crippen LogP contribution in [0.25, 0.3) is 0 Å². The topological polar surface area (TPSA) is 43.5 Å². The second kappa shape index (κ2) is 4.57. The molecule has 14 heavy (non-hydrogen) atoms. The highest BCUT2D eigenvalue weighted by Gasteiger charge is 2.47. The number of ether oxygens (including phenoxy) is 4. The van der Waals surface area contributed by atoms with Crippen molar-refractivity contribution in [3.63, 3.8) is 0 Å². The molecule has 0 unspecified atom stereocenters. The summed E-state index contributed by atoms with van der Waals surface area (Å²) in [4.78, 5) is 0. The molecule has 0 aromatic carbocycles. The molecule has 4 heteroatoms. The van der Waals surface area contributed by atoms with Crippen LogP contribution in [0.2, 0.25) is 0 Å². The fourth-order valence-corrected chi connectivity index (χ4v) is 1.70. The Morgan fingerprint density at radius 1 is 1.00 bits per heavy atom. The molecule has 82 valence electrons. The molecule has 0 spiro atoms. The van der Waals surface area contributed by atoms with Crippen LogP contribution >= 0.6 is 0 Å². The monoisotopic (exact) mass is 202 g/mol. The smallest absolute Gasteiger partial charge is 0.115 e. The lowest BCUT2D eigenvalue weighted by Crippen LogP contribution is -2.40. The van der Waals surface area contributed by atoms with Gasteiger partial charge in [-0.3, -0.25) is 0 Å². The first-order valence-electron chi connectivity index (χ1n) is 5.33. The van der Waals surface area contributed by atoms with Gasteiger partial charge in [0.05, 0.1) is 13.2 Å². The molecule has 2 aliphatic heterocycles. The molecule has 4 nitrogen and oxygen atoms in total. The van der Waals surface area contributed by atoms with Gasteiger partial charge in [-0.05, 0) is 13.8 Å². The quantitative estimate of drug-likeness (QED) is 0.567. The van der Waals surface area contributed by atoms with Crippen LogP contribution in [0.4, 0.5) is 0 Å². The minimum Gasteiger partial charge on any atom is -0.373 e. The highest BCUT2D eigenvalue weighted by Crippen LogP contribution is 2.28. The number of hydrogen-bond donors (Lipinski definition) is 0. The molecule has 2 heterocycles. The molecule has 0 saturated carbocycles. The summed E-state index contributed by atoms with van der Waals surface area (Å²) in [6.07, 6.45) is 0.534. The van der Waals surface area contributed by atoms with E-state index in [1.807, 2.05) is 13.8 Å². The van der Waals surface area contributed by atoms with E-state index in [0.29, 0.717) is 13.2 Å². The van der Waals surface area contributed by atoms with Crippen LogP contribution in [0, 0.1) is 0 Å². The molecule has 0 amide bonds. The van der Waals surface area contributed by atoms with Crippen molar-refractivity contribution in [2.45, 2.75) is 38.3 Å². The van der Waals surface area contributed by atoms with E-state index in [1.54, 1.807) is 0 Å². The van der Waals surface area contributed by atoms with Gasteiger partial charge in [-0.15, -0.1) is 0 Å². The van der Waals surface area contributed by atoms with E-state index < -0.39 is 0 Å². The van der Waals surface area contributed by atoms with E-state index in [4.69, 9.17) is 18.9 Å². The average Bonchev–Trinajstić information content (AvgIpc) is 3.05. The summed E-state index contributed by atoms with van der Waals surface area (Å²) in [5, 5.41) is 0. The first-order chi connectivity index (χ1) is 6.86. The van der Waals surface area contributed by atoms with E-state index in [1.165, 1.54) is 0 Å². The van der Waals surface area contributed by atoms with E-state index in [2.05, 4.69) is 0 Å². The lowest BCUT2D eigenvalue weighted by Gasteiger charge is -2.24. The largest absolute Gasteiger partial charge is 0.373 e. The second-order valence-electron chi connectivity index (χ2n) is 3.58. The predicted octanol–water partition coefficient (Wildman–Crippen LogP) is 0.594. The van der Waals surface area contributed by atoms with Gasteiger partial charge < -0.3 is 18.9 Å². The van der Waals surface area contributed by atoms with Crippen LogP contribution in [0.15, 0.2) is 0 Å². The molecule has 0 aromatic rings. The van der Waals surface area contributed by atoms with E-state index >= 15 is 0 Å². The first kappa shape index (κ1) is 10.4. The standard InChI is InChI=1S/C10H18O4/c1-3-11-9(7-5-13-7)10(12-4-2)8-6-14-8/h7-10H,3-6H2,1-2H3/t7-,8-,9-,10-/m1/s1. The fraction of sp³-hybridized carbons (Fsp3) is 1.00. The lowest BCUT2D eigenvalue weighted by molar-refractivity contribution is -0.0866. The van der Waals surface area contributed by atoms with E-state index in [-0.39, 0.29) is 24.4 Å². The van der Waals surface area contributed by atoms with Crippen LogP contribution in [0.3, 0.4) is 0 Å². The summed E-state index contributed by atoms with van der Waals surface area (Å²) in [6.45, 7) is 6.96. The van der Waals surface area contributed by atoms with Crippen LogP contribution in [0.1, 0.15) is 13.8 Å². The Morgan fingerprint density at radius 2 is 1.36 bits per heavy atom. The van der Waals surface area contributed by atoms with Crippen molar-refractivity contribution in [2.24, 2.45) is 0 Å². The SMILES string of the molecule is CCO[C@@H]([C@H](OCC)[C@H]1CO1)[C@H]1CO1. The second-order valence-corrected chi connectivity index (χ2v) is 3.58. The zero-order valence-corrected chi connectivity index (χ0v) is 8.77. The Kier molecular flexibility index (Phi) is 3.38. The van der Waals surface area contributed by atoms with Crippen LogP contribution in [-0.4, -0.2) is 50.8 Å². The van der Waals surface area contributed by atoms with Crippen molar-refractivity contribution in [3.8, 4) is 0 Å². The summed E-state index contributed by atoms with van der Waals surface area (Å²) >= 11 is 0. The molecule has 0 bridgehead atoms. The normalized spacial score (nSPS) is 33.9. The third-order valence-electron chi connectivity index (χ3n) is 2.49. The summed E-state index contributed by atoms with van der Waals surface area (Å²) < 4.78 is 21.8. The minimum atomic E-state index is 0.0486. The van der Waals surface area contributed by atoms with Gasteiger partial charge in [0, 0.05) is 13.2 Å². The van der Waals surface area contributed by atoms with Gasteiger partial charge in [0.1, 0.15) is 24.4 Å². The molecule has 0 aromatic heterocycles. The van der Waals surface area contributed by atoms with Gasteiger partial charge >= 0.3 is 0 Å². The molecule has 0 aliphatic carbocycles. The molecule has 2 fully saturated rings. The van der Waals surface area contributed by atoms with Gasteiger partial charge in [-0.25, -0.2) is 0 Å². The maximum atomic E-state index is 5.65. The number of rotatable bonds is 7. The van der Waals surface area contributed by atoms with Gasteiger partial charge in [0.25, 0.3) is 0 Å². The van der Waals surface area contributed by atoms with E-state index in [9.17, 15) is 0 Å². The van der Waals surface area contributed by atoms with Crippen molar-refractivity contribution >= 4 is 0 Å². The molecule has 0 N–H and O–H groups in total. The summed E-state index contributed by atoms with van der Waals surface area (Å²) in [7, 11) is 0. The Balaban J connectivity index is 1.90. The predicted molar refractivity (Wildman–Crippen MR) is 50.3 cm³/mol. The Labute approximate surface area is 84.5 Å². The summed E-state index contributed by atoms with van der Waals surface area (Å²) in [5.74, 6) is 0. The molecule has 2 aliphatic rings. The third kappa shape index (κ3) is 2.45. The molecular weight excluding hydrogens is 184 g/mol. The maximum Gasteiger partial charge on any atom is 0.115 e. The van der Waals surface area contributed by atoms with Crippen molar-refractivity contribution in [1.82, 2.24) is 0 Å². The maximum absolute atomic E-state index is 5.65. The Bertz CT molecular complexity index is 157. The molecule has 2 saturated heterocycles. The van der Waals surface area contributed by atoms with Gasteiger partial charge in [-0.2, -0.15) is 0 Å². The molecular formula is C10H18O4. The number of hydrogen-bond acceptors (Lipinski definition) is 4. The van der Waals surface area contributed by atoms with Gasteiger partial charge in [-0.1, -0.05) is 0 Å². The van der Waals surface area contributed by atoms with Crippen LogP contribution < -0.4 is 0 Å². The summed E-state index contributed by atoms with van der Waals surface area (Å²) in [5.41, 5.74) is 0. The van der Waals surface area contributed by atoms with Crippen molar-refractivity contribution in [2.75, 3.05) is 26.4 Å². The van der Waals surface area contributed by atoms with Crippen molar-refractivity contribution in [1.29, 1.82) is 0 Å². The minimum absolute atomic E-state index is 0.0486. The molecule has 0 radical (unpaired) electrons. The molecule has 4 atom stereocenters. The Morgan fingerprint density at radius 3 is 1.57 bits per heavy atom. The van der Waals surface area contributed by atoms with Crippen LogP contribution in [0.5, 0.6) is 0 Å². The number of epoxide rings is 2. The molecule has 2 rings (SSSR count). The van der Waals surface area contributed by atoms with Crippen molar-refractivity contribution < 1.29 is 18.9 Å². The highest BCUT2D eigenvalue weighted by molar-refractivity contribution is 4.94.